The Morgan fingerprint density at radius 2 is 1.66 bits per heavy atom. The first-order valence-corrected chi connectivity index (χ1v) is 9.01. The second kappa shape index (κ2) is 13.4. The fourth-order valence-electron chi connectivity index (χ4n) is 2.24. The number of aliphatic hydroxyl groups excluding tert-OH is 1. The molecule has 11 N–H and O–H groups in total. The van der Waals surface area contributed by atoms with Gasteiger partial charge in [-0.2, -0.15) is 0 Å². The van der Waals surface area contributed by atoms with E-state index in [-0.39, 0.29) is 0 Å². The molecule has 0 aliphatic rings. The number of nitrogens with two attached hydrogens (primary N) is 3. The smallest absolute Gasteiger partial charge is 0.328 e. The van der Waals surface area contributed by atoms with Crippen molar-refractivity contribution in [1.29, 1.82) is 0 Å². The van der Waals surface area contributed by atoms with Crippen LogP contribution in [0.5, 0.6) is 0 Å². The van der Waals surface area contributed by atoms with E-state index in [9.17, 15) is 29.1 Å². The number of carbonyl (C=O) groups is 5. The van der Waals surface area contributed by atoms with Gasteiger partial charge in [0.1, 0.15) is 6.04 Å². The van der Waals surface area contributed by atoms with Crippen molar-refractivity contribution in [2.24, 2.45) is 17.2 Å². The van der Waals surface area contributed by atoms with Crippen LogP contribution in [0, 0.1) is 0 Å². The Labute approximate surface area is 167 Å². The molecule has 0 heterocycles. The van der Waals surface area contributed by atoms with Crippen LogP contribution >= 0.6 is 0 Å². The van der Waals surface area contributed by atoms with Gasteiger partial charge in [-0.25, -0.2) is 4.79 Å². The maximum atomic E-state index is 12.2. The highest BCUT2D eigenvalue weighted by Gasteiger charge is 2.30. The molecule has 13 heteroatoms. The van der Waals surface area contributed by atoms with Crippen LogP contribution in [0.1, 0.15) is 32.6 Å². The van der Waals surface area contributed by atoms with Gasteiger partial charge >= 0.3 is 5.97 Å². The first-order chi connectivity index (χ1) is 13.5. The third-order valence-corrected chi connectivity index (χ3v) is 3.83. The third kappa shape index (κ3) is 11.0. The fraction of sp³-hybridized carbons (Fsp3) is 0.688. The lowest BCUT2D eigenvalue weighted by atomic mass is 10.1. The van der Waals surface area contributed by atoms with Crippen LogP contribution in [-0.4, -0.2) is 77.1 Å². The summed E-state index contributed by atoms with van der Waals surface area (Å²) in [6.07, 6.45) is -0.313. The molecular weight excluding hydrogens is 388 g/mol. The Hall–Kier alpha value is -2.77. The number of carboxylic acid groups (broad SMARTS) is 1. The Morgan fingerprint density at radius 1 is 1.03 bits per heavy atom. The molecule has 29 heavy (non-hydrogen) atoms. The van der Waals surface area contributed by atoms with Gasteiger partial charge in [-0.3, -0.25) is 19.2 Å². The summed E-state index contributed by atoms with van der Waals surface area (Å²) >= 11 is 0. The Kier molecular flexibility index (Phi) is 12.1. The van der Waals surface area contributed by atoms with Gasteiger partial charge < -0.3 is 43.4 Å². The van der Waals surface area contributed by atoms with Gasteiger partial charge in [0.15, 0.2) is 6.04 Å². The zero-order valence-electron chi connectivity index (χ0n) is 16.2. The highest BCUT2D eigenvalue weighted by Crippen LogP contribution is 1.99. The molecule has 166 valence electrons. The van der Waals surface area contributed by atoms with Crippen molar-refractivity contribution in [1.82, 2.24) is 16.0 Å². The average molecular weight is 418 g/mol. The molecule has 13 nitrogen and oxygen atoms in total. The second-order valence-electron chi connectivity index (χ2n) is 6.46. The minimum atomic E-state index is -1.65. The number of unbranched alkanes of at least 4 members (excludes halogenated alkanes) is 1. The topological polar surface area (TPSA) is 240 Å². The second-order valence-corrected chi connectivity index (χ2v) is 6.46. The standard InChI is InChI=1S/C16H30N6O7/c1-8(23)13(16(28)29)22-15(27)10(6-11(19)24)21-12(25)7-20-14(26)9(18)4-2-3-5-17/h8-10,13,23H,2-7,17-18H2,1H3,(H2,19,24)(H,20,26)(H,21,25)(H,22,27)(H,28,29)/t8-,9+,10+,13+/m1/s1. The zero-order chi connectivity index (χ0) is 22.6. The molecule has 0 radical (unpaired) electrons. The summed E-state index contributed by atoms with van der Waals surface area (Å²) < 4.78 is 0. The molecule has 0 fully saturated rings. The molecule has 0 aromatic heterocycles. The van der Waals surface area contributed by atoms with Crippen molar-refractivity contribution in [3.8, 4) is 0 Å². The van der Waals surface area contributed by atoms with Crippen molar-refractivity contribution < 1.29 is 34.2 Å². The summed E-state index contributed by atoms with van der Waals surface area (Å²) in [5.74, 6) is -4.87. The van der Waals surface area contributed by atoms with Crippen molar-refractivity contribution >= 4 is 29.6 Å². The minimum absolute atomic E-state index is 0.382. The van der Waals surface area contributed by atoms with Crippen LogP contribution in [-0.2, 0) is 24.0 Å². The number of amides is 4. The fourth-order valence-corrected chi connectivity index (χ4v) is 2.24. The van der Waals surface area contributed by atoms with E-state index in [1.165, 1.54) is 0 Å². The van der Waals surface area contributed by atoms with Crippen LogP contribution in [0.4, 0.5) is 0 Å². The highest BCUT2D eigenvalue weighted by atomic mass is 16.4. The number of hydrogen-bond acceptors (Lipinski definition) is 8. The quantitative estimate of drug-likeness (QED) is 0.128. The number of nitrogens with one attached hydrogen (secondary N) is 3. The first kappa shape index (κ1) is 26.2. The van der Waals surface area contributed by atoms with Crippen molar-refractivity contribution in [3.63, 3.8) is 0 Å². The molecule has 0 bridgehead atoms. The van der Waals surface area contributed by atoms with E-state index in [0.717, 1.165) is 6.92 Å². The molecule has 0 unspecified atom stereocenters. The van der Waals surface area contributed by atoms with Gasteiger partial charge in [0, 0.05) is 0 Å². The van der Waals surface area contributed by atoms with Crippen LogP contribution in [0.3, 0.4) is 0 Å². The van der Waals surface area contributed by atoms with E-state index in [4.69, 9.17) is 22.3 Å². The van der Waals surface area contributed by atoms with E-state index in [2.05, 4.69) is 10.6 Å². The predicted octanol–water partition coefficient (Wildman–Crippen LogP) is -4.13. The van der Waals surface area contributed by atoms with E-state index >= 15 is 0 Å². The lowest BCUT2D eigenvalue weighted by Crippen LogP contribution is -2.56. The molecule has 4 amide bonds. The number of hydrogen-bond donors (Lipinski definition) is 8. The Balaban J connectivity index is 4.78. The number of carbonyl (C=O) groups excluding carboxylic acids is 4. The van der Waals surface area contributed by atoms with Crippen LogP contribution < -0.4 is 33.2 Å². The molecule has 0 aliphatic heterocycles. The number of carboxylic acids is 1. The minimum Gasteiger partial charge on any atom is -0.480 e. The maximum absolute atomic E-state index is 12.2. The number of aliphatic carboxylic acids is 1. The van der Waals surface area contributed by atoms with E-state index in [0.29, 0.717) is 25.8 Å². The molecular formula is C16H30N6O7. The van der Waals surface area contributed by atoms with Crippen molar-refractivity contribution in [2.75, 3.05) is 13.1 Å². The average Bonchev–Trinajstić information content (AvgIpc) is 2.62. The van der Waals surface area contributed by atoms with Crippen molar-refractivity contribution in [3.05, 3.63) is 0 Å². The zero-order valence-corrected chi connectivity index (χ0v) is 16.2. The summed E-state index contributed by atoms with van der Waals surface area (Å²) in [6.45, 7) is 1.09. The number of rotatable bonds is 14. The molecule has 0 saturated heterocycles. The summed E-state index contributed by atoms with van der Waals surface area (Å²) in [4.78, 5) is 58.3. The number of aliphatic hydroxyl groups is 1. The summed E-state index contributed by atoms with van der Waals surface area (Å²) in [5.41, 5.74) is 16.1. The van der Waals surface area contributed by atoms with Gasteiger partial charge in [0.25, 0.3) is 0 Å². The first-order valence-electron chi connectivity index (χ1n) is 9.01. The molecule has 0 saturated carbocycles. The normalized spacial score (nSPS) is 14.8. The van der Waals surface area contributed by atoms with Crippen LogP contribution in [0.2, 0.25) is 0 Å². The third-order valence-electron chi connectivity index (χ3n) is 3.83. The Morgan fingerprint density at radius 3 is 2.14 bits per heavy atom. The monoisotopic (exact) mass is 418 g/mol. The van der Waals surface area contributed by atoms with E-state index < -0.39 is 66.8 Å². The number of primary amides is 1. The van der Waals surface area contributed by atoms with Gasteiger partial charge in [-0.1, -0.05) is 6.42 Å². The predicted molar refractivity (Wildman–Crippen MR) is 101 cm³/mol. The summed E-state index contributed by atoms with van der Waals surface area (Å²) in [5, 5.41) is 24.9. The SMILES string of the molecule is C[C@@H](O)[C@H](NC(=O)[C@H](CC(N)=O)NC(=O)CNC(=O)[C@@H](N)CCCCN)C(=O)O. The molecule has 4 atom stereocenters. The van der Waals surface area contributed by atoms with Gasteiger partial charge in [0.2, 0.25) is 23.6 Å². The van der Waals surface area contributed by atoms with Crippen molar-refractivity contribution in [2.45, 2.75) is 56.8 Å². The summed E-state index contributed by atoms with van der Waals surface area (Å²) in [7, 11) is 0. The lowest BCUT2D eigenvalue weighted by molar-refractivity contribution is -0.145. The summed E-state index contributed by atoms with van der Waals surface area (Å²) in [6, 6.07) is -3.97. The van der Waals surface area contributed by atoms with Crippen LogP contribution in [0.25, 0.3) is 0 Å². The van der Waals surface area contributed by atoms with E-state index in [1.54, 1.807) is 0 Å². The van der Waals surface area contributed by atoms with Gasteiger partial charge in [0.05, 0.1) is 25.1 Å². The molecule has 0 aromatic rings. The van der Waals surface area contributed by atoms with Crippen LogP contribution in [0.15, 0.2) is 0 Å². The maximum Gasteiger partial charge on any atom is 0.328 e. The largest absolute Gasteiger partial charge is 0.480 e. The molecule has 0 rings (SSSR count). The lowest BCUT2D eigenvalue weighted by Gasteiger charge is -2.22. The Bertz CT molecular complexity index is 598. The van der Waals surface area contributed by atoms with E-state index in [1.807, 2.05) is 5.32 Å². The molecule has 0 aliphatic carbocycles. The highest BCUT2D eigenvalue weighted by molar-refractivity contribution is 5.95. The van der Waals surface area contributed by atoms with Gasteiger partial charge in [-0.15, -0.1) is 0 Å². The van der Waals surface area contributed by atoms with Gasteiger partial charge in [-0.05, 0) is 26.3 Å². The molecule has 0 spiro atoms. The molecule has 0 aromatic carbocycles.